The quantitative estimate of drug-likeness (QED) is 0.522. The average molecular weight is 393 g/mol. The Hall–Kier alpha value is -2.17. The van der Waals surface area contributed by atoms with E-state index in [1.54, 1.807) is 11.3 Å². The molecule has 28 heavy (non-hydrogen) atoms. The molecule has 1 atom stereocenters. The summed E-state index contributed by atoms with van der Waals surface area (Å²) in [5.41, 5.74) is 3.36. The number of benzene rings is 2. The predicted molar refractivity (Wildman–Crippen MR) is 117 cm³/mol. The maximum atomic E-state index is 11.3. The first-order chi connectivity index (χ1) is 13.4. The van der Waals surface area contributed by atoms with Gasteiger partial charge in [0, 0.05) is 22.1 Å². The highest BCUT2D eigenvalue weighted by atomic mass is 32.1. The SMILES string of the molecule is CC(C)(C)c1csc(NC(O)C2(C(c3ccccc3)c3ccccc3)CC2)n1. The molecular weight excluding hydrogens is 364 g/mol. The van der Waals surface area contributed by atoms with E-state index in [1.807, 2.05) is 12.1 Å². The summed E-state index contributed by atoms with van der Waals surface area (Å²) in [6.07, 6.45) is 1.34. The molecule has 146 valence electrons. The molecule has 0 radical (unpaired) electrons. The van der Waals surface area contributed by atoms with Crippen molar-refractivity contribution < 1.29 is 5.11 Å². The number of aliphatic hydroxyl groups excluding tert-OH is 1. The molecular formula is C24H28N2OS. The van der Waals surface area contributed by atoms with E-state index in [4.69, 9.17) is 4.98 Å². The van der Waals surface area contributed by atoms with Gasteiger partial charge < -0.3 is 10.4 Å². The Bertz CT molecular complexity index is 871. The Labute approximate surface area is 171 Å². The second kappa shape index (κ2) is 7.34. The average Bonchev–Trinajstić information content (AvgIpc) is 3.33. The Morgan fingerprint density at radius 1 is 0.964 bits per heavy atom. The molecule has 3 nitrogen and oxygen atoms in total. The van der Waals surface area contributed by atoms with Crippen LogP contribution in [0.15, 0.2) is 66.0 Å². The monoisotopic (exact) mass is 392 g/mol. The van der Waals surface area contributed by atoms with Gasteiger partial charge in [-0.05, 0) is 24.0 Å². The first kappa shape index (κ1) is 19.2. The van der Waals surface area contributed by atoms with Crippen molar-refractivity contribution in [3.8, 4) is 0 Å². The number of thiazole rings is 1. The van der Waals surface area contributed by atoms with Crippen LogP contribution in [0.5, 0.6) is 0 Å². The maximum Gasteiger partial charge on any atom is 0.184 e. The smallest absolute Gasteiger partial charge is 0.184 e. The molecule has 2 N–H and O–H groups in total. The summed E-state index contributed by atoms with van der Waals surface area (Å²) < 4.78 is 0. The molecule has 1 aliphatic carbocycles. The fourth-order valence-corrected chi connectivity index (χ4v) is 4.92. The first-order valence-electron chi connectivity index (χ1n) is 9.91. The van der Waals surface area contributed by atoms with Crippen molar-refractivity contribution in [2.45, 2.75) is 51.2 Å². The van der Waals surface area contributed by atoms with Gasteiger partial charge in [-0.25, -0.2) is 4.98 Å². The lowest BCUT2D eigenvalue weighted by atomic mass is 9.77. The molecule has 4 heteroatoms. The fourth-order valence-electron chi connectivity index (χ4n) is 3.96. The molecule has 2 aromatic carbocycles. The zero-order valence-electron chi connectivity index (χ0n) is 16.7. The van der Waals surface area contributed by atoms with Gasteiger partial charge in [0.2, 0.25) is 0 Å². The molecule has 0 saturated heterocycles. The maximum absolute atomic E-state index is 11.3. The van der Waals surface area contributed by atoms with Gasteiger partial charge in [-0.2, -0.15) is 0 Å². The normalized spacial score (nSPS) is 16.8. The van der Waals surface area contributed by atoms with Crippen LogP contribution in [-0.4, -0.2) is 16.3 Å². The van der Waals surface area contributed by atoms with Gasteiger partial charge in [0.25, 0.3) is 0 Å². The molecule has 0 aliphatic heterocycles. The van der Waals surface area contributed by atoms with Gasteiger partial charge in [0.1, 0.15) is 6.23 Å². The number of rotatable bonds is 6. The van der Waals surface area contributed by atoms with E-state index in [1.165, 1.54) is 11.1 Å². The number of hydrogen-bond acceptors (Lipinski definition) is 4. The molecule has 1 aliphatic rings. The summed E-state index contributed by atoms with van der Waals surface area (Å²) in [6, 6.07) is 21.1. The van der Waals surface area contributed by atoms with Crippen LogP contribution in [-0.2, 0) is 5.41 Å². The van der Waals surface area contributed by atoms with Gasteiger partial charge in [-0.3, -0.25) is 0 Å². The summed E-state index contributed by atoms with van der Waals surface area (Å²) in [7, 11) is 0. The van der Waals surface area contributed by atoms with Crippen LogP contribution in [0.3, 0.4) is 0 Å². The summed E-state index contributed by atoms with van der Waals surface area (Å²) in [5, 5.41) is 17.5. The highest BCUT2D eigenvalue weighted by molar-refractivity contribution is 7.13. The van der Waals surface area contributed by atoms with Crippen LogP contribution in [0, 0.1) is 5.41 Å². The van der Waals surface area contributed by atoms with Crippen LogP contribution < -0.4 is 5.32 Å². The molecule has 1 aromatic heterocycles. The number of aliphatic hydroxyl groups is 1. The van der Waals surface area contributed by atoms with Crippen LogP contribution in [0.25, 0.3) is 0 Å². The van der Waals surface area contributed by atoms with Crippen LogP contribution >= 0.6 is 11.3 Å². The lowest BCUT2D eigenvalue weighted by molar-refractivity contribution is 0.108. The minimum atomic E-state index is -0.642. The van der Waals surface area contributed by atoms with E-state index >= 15 is 0 Å². The molecule has 0 spiro atoms. The zero-order valence-corrected chi connectivity index (χ0v) is 17.5. The Kier molecular flexibility index (Phi) is 5.02. The summed E-state index contributed by atoms with van der Waals surface area (Å²) in [5.74, 6) is 0.152. The number of nitrogens with zero attached hydrogens (tertiary/aromatic N) is 1. The largest absolute Gasteiger partial charge is 0.373 e. The van der Waals surface area contributed by atoms with Crippen molar-refractivity contribution in [3.05, 3.63) is 82.9 Å². The van der Waals surface area contributed by atoms with Crippen molar-refractivity contribution in [1.29, 1.82) is 0 Å². The predicted octanol–water partition coefficient (Wildman–Crippen LogP) is 5.78. The van der Waals surface area contributed by atoms with E-state index in [0.29, 0.717) is 0 Å². The highest BCUT2D eigenvalue weighted by Crippen LogP contribution is 2.60. The van der Waals surface area contributed by atoms with Crippen LogP contribution in [0.1, 0.15) is 56.4 Å². The second-order valence-corrected chi connectivity index (χ2v) is 9.68. The Morgan fingerprint density at radius 2 is 1.50 bits per heavy atom. The third-order valence-electron chi connectivity index (χ3n) is 5.75. The molecule has 1 saturated carbocycles. The van der Waals surface area contributed by atoms with Crippen molar-refractivity contribution >= 4 is 16.5 Å². The van der Waals surface area contributed by atoms with E-state index in [-0.39, 0.29) is 16.7 Å². The molecule has 3 aromatic rings. The second-order valence-electron chi connectivity index (χ2n) is 8.82. The van der Waals surface area contributed by atoms with E-state index < -0.39 is 6.23 Å². The summed E-state index contributed by atoms with van der Waals surface area (Å²) >= 11 is 1.57. The number of hydrogen-bond donors (Lipinski definition) is 2. The van der Waals surface area contributed by atoms with Crippen molar-refractivity contribution in [1.82, 2.24) is 4.98 Å². The summed E-state index contributed by atoms with van der Waals surface area (Å²) in [6.45, 7) is 6.47. The highest BCUT2D eigenvalue weighted by Gasteiger charge is 2.56. The van der Waals surface area contributed by atoms with Crippen LogP contribution in [0.4, 0.5) is 5.13 Å². The van der Waals surface area contributed by atoms with E-state index in [9.17, 15) is 5.11 Å². The fraction of sp³-hybridized carbons (Fsp3) is 0.375. The lowest BCUT2D eigenvalue weighted by Gasteiger charge is -2.32. The number of aromatic nitrogens is 1. The summed E-state index contributed by atoms with van der Waals surface area (Å²) in [4.78, 5) is 4.72. The van der Waals surface area contributed by atoms with Gasteiger partial charge >= 0.3 is 0 Å². The molecule has 0 bridgehead atoms. The number of nitrogens with one attached hydrogen (secondary N) is 1. The van der Waals surface area contributed by atoms with Gasteiger partial charge in [-0.15, -0.1) is 11.3 Å². The van der Waals surface area contributed by atoms with Gasteiger partial charge in [0.15, 0.2) is 5.13 Å². The third-order valence-corrected chi connectivity index (χ3v) is 6.52. The zero-order chi connectivity index (χ0) is 19.8. The molecule has 1 unspecified atom stereocenters. The van der Waals surface area contributed by atoms with Crippen molar-refractivity contribution in [2.24, 2.45) is 5.41 Å². The lowest BCUT2D eigenvalue weighted by Crippen LogP contribution is -2.35. The Balaban J connectivity index is 1.64. The van der Waals surface area contributed by atoms with Crippen LogP contribution in [0.2, 0.25) is 0 Å². The molecule has 0 amide bonds. The van der Waals surface area contributed by atoms with Crippen molar-refractivity contribution in [3.63, 3.8) is 0 Å². The molecule has 1 heterocycles. The Morgan fingerprint density at radius 3 is 1.93 bits per heavy atom. The number of anilines is 1. The van der Waals surface area contributed by atoms with E-state index in [2.05, 4.69) is 80.0 Å². The minimum absolute atomic E-state index is 0.00919. The third kappa shape index (κ3) is 3.71. The molecule has 4 rings (SSSR count). The van der Waals surface area contributed by atoms with Gasteiger partial charge in [-0.1, -0.05) is 81.4 Å². The van der Waals surface area contributed by atoms with Crippen molar-refractivity contribution in [2.75, 3.05) is 5.32 Å². The van der Waals surface area contributed by atoms with Gasteiger partial charge in [0.05, 0.1) is 5.69 Å². The topological polar surface area (TPSA) is 45.1 Å². The minimum Gasteiger partial charge on any atom is -0.373 e. The first-order valence-corrected chi connectivity index (χ1v) is 10.8. The molecule has 1 fully saturated rings. The standard InChI is InChI=1S/C24H28N2OS/c1-23(2,3)19-16-28-22(25-19)26-21(27)24(14-15-24)20(17-10-6-4-7-11-17)18-12-8-5-9-13-18/h4-13,16,20-21,27H,14-15H2,1-3H3,(H,25,26). The van der Waals surface area contributed by atoms with E-state index in [0.717, 1.165) is 23.7 Å².